The molecule has 31 heavy (non-hydrogen) atoms. The third-order valence-electron chi connectivity index (χ3n) is 5.78. The van der Waals surface area contributed by atoms with E-state index in [4.69, 9.17) is 4.98 Å². The average molecular weight is 432 g/mol. The van der Waals surface area contributed by atoms with Crippen LogP contribution < -0.4 is 0 Å². The summed E-state index contributed by atoms with van der Waals surface area (Å²) in [6, 6.07) is 18.1. The molecule has 5 rings (SSSR count). The lowest BCUT2D eigenvalue weighted by Crippen LogP contribution is -2.39. The summed E-state index contributed by atoms with van der Waals surface area (Å²) in [6.07, 6.45) is 1.94. The highest BCUT2D eigenvalue weighted by Crippen LogP contribution is 2.29. The number of benzene rings is 2. The first-order valence-corrected chi connectivity index (χ1v) is 11.3. The molecule has 3 heterocycles. The van der Waals surface area contributed by atoms with E-state index in [2.05, 4.69) is 4.98 Å². The standard InChI is InChI=1S/C25H22FN3OS/c1-16-27-23-14-18(9-12-24(23)31-16)25(30)29-13-3-4-19(15-29)22-6-2-5-21(28-22)17-7-10-20(26)11-8-17/h2,5-12,14,19H,3-4,13,15H2,1H3. The first kappa shape index (κ1) is 19.8. The molecule has 0 spiro atoms. The number of aromatic nitrogens is 2. The van der Waals surface area contributed by atoms with Gasteiger partial charge in [-0.1, -0.05) is 6.07 Å². The Hall–Kier alpha value is -3.12. The third-order valence-corrected chi connectivity index (χ3v) is 6.73. The Bertz CT molecular complexity index is 1250. The number of likely N-dealkylation sites (tertiary alicyclic amines) is 1. The number of aryl methyl sites for hydroxylation is 1. The quantitative estimate of drug-likeness (QED) is 0.410. The molecular weight excluding hydrogens is 409 g/mol. The van der Waals surface area contributed by atoms with Gasteiger partial charge < -0.3 is 4.90 Å². The minimum atomic E-state index is -0.257. The number of fused-ring (bicyclic) bond motifs is 1. The molecule has 6 heteroatoms. The molecule has 1 fully saturated rings. The fraction of sp³-hybridized carbons (Fsp3) is 0.240. The molecule has 0 bridgehead atoms. The van der Waals surface area contributed by atoms with E-state index in [1.54, 1.807) is 23.5 Å². The number of rotatable bonds is 3. The normalized spacial score (nSPS) is 16.6. The Balaban J connectivity index is 1.36. The lowest BCUT2D eigenvalue weighted by molar-refractivity contribution is 0.0706. The van der Waals surface area contributed by atoms with Gasteiger partial charge >= 0.3 is 0 Å². The molecule has 1 aliphatic rings. The molecular formula is C25H22FN3OS. The van der Waals surface area contributed by atoms with Gasteiger partial charge in [0.1, 0.15) is 5.82 Å². The number of nitrogens with zero attached hydrogens (tertiary/aromatic N) is 3. The van der Waals surface area contributed by atoms with Gasteiger partial charge in [0.2, 0.25) is 0 Å². The van der Waals surface area contributed by atoms with Gasteiger partial charge in [-0.2, -0.15) is 0 Å². The summed E-state index contributed by atoms with van der Waals surface area (Å²) in [7, 11) is 0. The van der Waals surface area contributed by atoms with E-state index in [-0.39, 0.29) is 17.6 Å². The smallest absolute Gasteiger partial charge is 0.253 e. The van der Waals surface area contributed by atoms with E-state index in [1.165, 1.54) is 12.1 Å². The Kier molecular flexibility index (Phi) is 5.24. The summed E-state index contributed by atoms with van der Waals surface area (Å²) in [5.41, 5.74) is 4.26. The number of carbonyl (C=O) groups is 1. The van der Waals surface area contributed by atoms with Gasteiger partial charge in [-0.15, -0.1) is 11.3 Å². The zero-order valence-corrected chi connectivity index (χ0v) is 18.0. The van der Waals surface area contributed by atoms with E-state index >= 15 is 0 Å². The number of thiazole rings is 1. The minimum Gasteiger partial charge on any atom is -0.338 e. The van der Waals surface area contributed by atoms with E-state index in [9.17, 15) is 9.18 Å². The number of hydrogen-bond acceptors (Lipinski definition) is 4. The van der Waals surface area contributed by atoms with Crippen molar-refractivity contribution in [2.24, 2.45) is 0 Å². The largest absolute Gasteiger partial charge is 0.338 e. The zero-order valence-electron chi connectivity index (χ0n) is 17.2. The van der Waals surface area contributed by atoms with Crippen molar-refractivity contribution in [3.8, 4) is 11.3 Å². The maximum absolute atomic E-state index is 13.3. The molecule has 0 aliphatic carbocycles. The first-order chi connectivity index (χ1) is 15.1. The molecule has 1 amide bonds. The number of hydrogen-bond donors (Lipinski definition) is 0. The SMILES string of the molecule is Cc1nc2cc(C(=O)N3CCCC(c4cccc(-c5ccc(F)cc5)n4)C3)ccc2s1. The zero-order chi connectivity index (χ0) is 21.4. The molecule has 0 radical (unpaired) electrons. The van der Waals surface area contributed by atoms with Crippen LogP contribution in [0, 0.1) is 12.7 Å². The molecule has 156 valence electrons. The number of carbonyl (C=O) groups excluding carboxylic acids is 1. The summed E-state index contributed by atoms with van der Waals surface area (Å²) in [5.74, 6) is -0.0253. The molecule has 2 aromatic carbocycles. The Morgan fingerprint density at radius 1 is 1.10 bits per heavy atom. The van der Waals surface area contributed by atoms with Crippen LogP contribution in [0.25, 0.3) is 21.5 Å². The molecule has 2 aromatic heterocycles. The molecule has 0 saturated carbocycles. The summed E-state index contributed by atoms with van der Waals surface area (Å²) < 4.78 is 14.4. The Labute approximate surface area is 184 Å². The van der Waals surface area contributed by atoms with Crippen LogP contribution in [-0.2, 0) is 0 Å². The molecule has 4 nitrogen and oxygen atoms in total. The van der Waals surface area contributed by atoms with Gasteiger partial charge in [-0.05, 0) is 74.4 Å². The maximum atomic E-state index is 13.3. The second-order valence-corrected chi connectivity index (χ2v) is 9.20. The lowest BCUT2D eigenvalue weighted by Gasteiger charge is -2.32. The monoisotopic (exact) mass is 431 g/mol. The van der Waals surface area contributed by atoms with Crippen molar-refractivity contribution < 1.29 is 9.18 Å². The van der Waals surface area contributed by atoms with Gasteiger partial charge in [0, 0.05) is 35.8 Å². The van der Waals surface area contributed by atoms with E-state index < -0.39 is 0 Å². The van der Waals surface area contributed by atoms with Crippen LogP contribution in [0.15, 0.2) is 60.7 Å². The highest BCUT2D eigenvalue weighted by atomic mass is 32.1. The van der Waals surface area contributed by atoms with Gasteiger partial charge in [0.15, 0.2) is 0 Å². The van der Waals surface area contributed by atoms with Crippen LogP contribution in [0.3, 0.4) is 0 Å². The lowest BCUT2D eigenvalue weighted by atomic mass is 9.93. The molecule has 1 unspecified atom stereocenters. The van der Waals surface area contributed by atoms with Crippen LogP contribution >= 0.6 is 11.3 Å². The second-order valence-electron chi connectivity index (χ2n) is 7.96. The molecule has 4 aromatic rings. The summed E-state index contributed by atoms with van der Waals surface area (Å²) in [5, 5.41) is 1.00. The highest BCUT2D eigenvalue weighted by molar-refractivity contribution is 7.18. The number of piperidine rings is 1. The predicted molar refractivity (Wildman–Crippen MR) is 122 cm³/mol. The van der Waals surface area contributed by atoms with Crippen molar-refractivity contribution in [2.75, 3.05) is 13.1 Å². The maximum Gasteiger partial charge on any atom is 0.253 e. The fourth-order valence-electron chi connectivity index (χ4n) is 4.22. The molecule has 0 N–H and O–H groups in total. The summed E-state index contributed by atoms with van der Waals surface area (Å²) in [6.45, 7) is 3.38. The predicted octanol–water partition coefficient (Wildman–Crippen LogP) is 5.83. The van der Waals surface area contributed by atoms with Crippen molar-refractivity contribution in [1.29, 1.82) is 0 Å². The van der Waals surface area contributed by atoms with Crippen LogP contribution in [0.2, 0.25) is 0 Å². The van der Waals surface area contributed by atoms with E-state index in [1.807, 2.05) is 48.2 Å². The molecule has 1 aliphatic heterocycles. The Morgan fingerprint density at radius 2 is 1.94 bits per heavy atom. The molecule has 1 saturated heterocycles. The molecule has 1 atom stereocenters. The van der Waals surface area contributed by atoms with Crippen molar-refractivity contribution in [3.63, 3.8) is 0 Å². The fourth-order valence-corrected chi connectivity index (χ4v) is 5.03. The highest BCUT2D eigenvalue weighted by Gasteiger charge is 2.26. The van der Waals surface area contributed by atoms with Crippen molar-refractivity contribution in [2.45, 2.75) is 25.7 Å². The summed E-state index contributed by atoms with van der Waals surface area (Å²) in [4.78, 5) is 24.5. The van der Waals surface area contributed by atoms with Crippen LogP contribution in [0.5, 0.6) is 0 Å². The van der Waals surface area contributed by atoms with E-state index in [0.29, 0.717) is 12.1 Å². The number of pyridine rings is 1. The van der Waals surface area contributed by atoms with Gasteiger partial charge in [0.05, 0.1) is 20.9 Å². The van der Waals surface area contributed by atoms with E-state index in [0.717, 1.165) is 51.6 Å². The third kappa shape index (κ3) is 4.08. The van der Waals surface area contributed by atoms with Crippen LogP contribution in [0.1, 0.15) is 39.8 Å². The topological polar surface area (TPSA) is 46.1 Å². The van der Waals surface area contributed by atoms with Crippen molar-refractivity contribution >= 4 is 27.5 Å². The first-order valence-electron chi connectivity index (χ1n) is 10.5. The van der Waals surface area contributed by atoms with Crippen LogP contribution in [-0.4, -0.2) is 33.9 Å². The second kappa shape index (κ2) is 8.19. The van der Waals surface area contributed by atoms with Gasteiger partial charge in [-0.25, -0.2) is 9.37 Å². The number of halogens is 1. The van der Waals surface area contributed by atoms with Crippen molar-refractivity contribution in [3.05, 3.63) is 82.7 Å². The average Bonchev–Trinajstić information content (AvgIpc) is 3.18. The van der Waals surface area contributed by atoms with Crippen LogP contribution in [0.4, 0.5) is 4.39 Å². The minimum absolute atomic E-state index is 0.0481. The number of amides is 1. The summed E-state index contributed by atoms with van der Waals surface area (Å²) >= 11 is 1.64. The van der Waals surface area contributed by atoms with Gasteiger partial charge in [-0.3, -0.25) is 9.78 Å². The van der Waals surface area contributed by atoms with Gasteiger partial charge in [0.25, 0.3) is 5.91 Å². The Morgan fingerprint density at radius 3 is 2.77 bits per heavy atom. The van der Waals surface area contributed by atoms with Crippen molar-refractivity contribution in [1.82, 2.24) is 14.9 Å².